The number of aliphatic hydroxyl groups is 1. The monoisotopic (exact) mass is 555 g/mol. The van der Waals surface area contributed by atoms with Gasteiger partial charge in [0.15, 0.2) is 6.29 Å². The molecule has 40 heavy (non-hydrogen) atoms. The lowest BCUT2D eigenvalue weighted by Gasteiger charge is -2.36. The number of carboxylic acid groups (broad SMARTS) is 1. The van der Waals surface area contributed by atoms with Crippen molar-refractivity contribution in [2.75, 3.05) is 11.1 Å². The third-order valence-corrected chi connectivity index (χ3v) is 7.75. The van der Waals surface area contributed by atoms with E-state index in [4.69, 9.17) is 14.6 Å². The van der Waals surface area contributed by atoms with E-state index < -0.39 is 12.3 Å². The van der Waals surface area contributed by atoms with E-state index in [9.17, 15) is 14.7 Å². The minimum atomic E-state index is -0.954. The van der Waals surface area contributed by atoms with Gasteiger partial charge in [-0.25, -0.2) is 4.79 Å². The maximum Gasteiger partial charge on any atom is 0.335 e. The molecule has 3 atom stereocenters. The lowest BCUT2D eigenvalue weighted by Crippen LogP contribution is -2.31. The van der Waals surface area contributed by atoms with E-state index in [1.165, 1.54) is 0 Å². The maximum atomic E-state index is 12.7. The summed E-state index contributed by atoms with van der Waals surface area (Å²) in [5.41, 5.74) is 4.04. The van der Waals surface area contributed by atoms with Crippen LogP contribution in [0.25, 0.3) is 0 Å². The molecule has 1 amide bonds. The smallest absolute Gasteiger partial charge is 0.335 e. The average Bonchev–Trinajstić information content (AvgIpc) is 3.00. The van der Waals surface area contributed by atoms with Gasteiger partial charge < -0.3 is 25.0 Å². The number of nitrogens with one attached hydrogen (secondary N) is 1. The molecular weight excluding hydrogens is 526 g/mol. The molecule has 1 heterocycles. The molecule has 0 aliphatic carbocycles. The molecule has 1 saturated heterocycles. The standard InChI is InChI=1S/C32H29NO6S/c34-19-21-9-11-22(12-10-21)29-18-27(20-40-28-15-13-24(14-16-28)31(36)37)38-32(39-29)25-7-4-8-26(17-25)33-30(35)23-5-2-1-3-6-23/h1-17,27,29,32,34H,18-20H2,(H,33,35)(H,36,37)/t27-,29+,32+/m1/s1. The van der Waals surface area contributed by atoms with E-state index in [2.05, 4.69) is 5.32 Å². The Bertz CT molecular complexity index is 1440. The summed E-state index contributed by atoms with van der Waals surface area (Å²) < 4.78 is 12.8. The highest BCUT2D eigenvalue weighted by atomic mass is 32.2. The maximum absolute atomic E-state index is 12.7. The molecular formula is C32H29NO6S. The number of hydrogen-bond acceptors (Lipinski definition) is 6. The molecule has 7 nitrogen and oxygen atoms in total. The Morgan fingerprint density at radius 3 is 2.27 bits per heavy atom. The number of hydrogen-bond donors (Lipinski definition) is 3. The van der Waals surface area contributed by atoms with Gasteiger partial charge in [0.1, 0.15) is 0 Å². The van der Waals surface area contributed by atoms with Gasteiger partial charge in [0.25, 0.3) is 5.91 Å². The fourth-order valence-corrected chi connectivity index (χ4v) is 5.38. The van der Waals surface area contributed by atoms with Crippen LogP contribution in [-0.4, -0.2) is 33.9 Å². The van der Waals surface area contributed by atoms with E-state index >= 15 is 0 Å². The second-order valence-corrected chi connectivity index (χ2v) is 10.5. The number of carbonyl (C=O) groups is 2. The number of ether oxygens (including phenoxy) is 2. The highest BCUT2D eigenvalue weighted by Gasteiger charge is 2.32. The van der Waals surface area contributed by atoms with Crippen LogP contribution >= 0.6 is 11.8 Å². The number of carbonyl (C=O) groups excluding carboxylic acids is 1. The molecule has 0 saturated carbocycles. The van der Waals surface area contributed by atoms with Crippen molar-refractivity contribution in [2.24, 2.45) is 0 Å². The molecule has 1 aliphatic rings. The Morgan fingerprint density at radius 2 is 1.57 bits per heavy atom. The number of thioether (sulfide) groups is 1. The first-order valence-corrected chi connectivity index (χ1v) is 13.9. The zero-order valence-corrected chi connectivity index (χ0v) is 22.4. The van der Waals surface area contributed by atoms with Crippen molar-refractivity contribution in [2.45, 2.75) is 36.4 Å². The van der Waals surface area contributed by atoms with Gasteiger partial charge in [0.2, 0.25) is 0 Å². The molecule has 3 N–H and O–H groups in total. The lowest BCUT2D eigenvalue weighted by molar-refractivity contribution is -0.245. The van der Waals surface area contributed by atoms with Gasteiger partial charge in [-0.2, -0.15) is 0 Å². The Hall–Kier alpha value is -3.95. The van der Waals surface area contributed by atoms with Crippen LogP contribution in [0.1, 0.15) is 56.2 Å². The molecule has 4 aromatic carbocycles. The molecule has 0 bridgehead atoms. The highest BCUT2D eigenvalue weighted by Crippen LogP contribution is 2.40. The summed E-state index contributed by atoms with van der Waals surface area (Å²) in [6.45, 7) is -0.0288. The summed E-state index contributed by atoms with van der Waals surface area (Å²) in [7, 11) is 0. The van der Waals surface area contributed by atoms with Crippen molar-refractivity contribution in [1.82, 2.24) is 0 Å². The molecule has 0 unspecified atom stereocenters. The Morgan fingerprint density at radius 1 is 0.825 bits per heavy atom. The Kier molecular flexibility index (Phi) is 8.93. The first kappa shape index (κ1) is 27.6. The van der Waals surface area contributed by atoms with E-state index in [0.29, 0.717) is 23.4 Å². The molecule has 0 spiro atoms. The van der Waals surface area contributed by atoms with Gasteiger partial charge in [-0.05, 0) is 59.7 Å². The molecule has 204 valence electrons. The molecule has 5 rings (SSSR count). The topological polar surface area (TPSA) is 105 Å². The van der Waals surface area contributed by atoms with Gasteiger partial charge in [-0.15, -0.1) is 11.8 Å². The van der Waals surface area contributed by atoms with Crippen LogP contribution in [0.4, 0.5) is 5.69 Å². The fraction of sp³-hybridized carbons (Fsp3) is 0.188. The van der Waals surface area contributed by atoms with Gasteiger partial charge in [-0.1, -0.05) is 54.6 Å². The Balaban J connectivity index is 1.34. The molecule has 0 radical (unpaired) electrons. The SMILES string of the molecule is O=C(O)c1ccc(SC[C@H]2C[C@@H](c3ccc(CO)cc3)O[C@@H](c3cccc(NC(=O)c4ccccc4)c3)O2)cc1. The van der Waals surface area contributed by atoms with E-state index in [1.54, 1.807) is 48.2 Å². The zero-order valence-electron chi connectivity index (χ0n) is 21.6. The normalized spacial score (nSPS) is 18.7. The van der Waals surface area contributed by atoms with Crippen molar-refractivity contribution in [3.63, 3.8) is 0 Å². The Labute approximate surface area is 236 Å². The summed E-state index contributed by atoms with van der Waals surface area (Å²) in [5, 5.41) is 21.6. The third kappa shape index (κ3) is 6.97. The van der Waals surface area contributed by atoms with Crippen molar-refractivity contribution >= 4 is 29.3 Å². The molecule has 8 heteroatoms. The van der Waals surface area contributed by atoms with Crippen molar-refractivity contribution < 1.29 is 29.3 Å². The van der Waals surface area contributed by atoms with Crippen LogP contribution in [0.3, 0.4) is 0 Å². The molecule has 1 fully saturated rings. The number of aliphatic hydroxyl groups excluding tert-OH is 1. The van der Waals surface area contributed by atoms with Crippen LogP contribution in [0.2, 0.25) is 0 Å². The summed E-state index contributed by atoms with van der Waals surface area (Å²) in [6, 6.07) is 31.0. The van der Waals surface area contributed by atoms with Crippen LogP contribution in [0.5, 0.6) is 0 Å². The second-order valence-electron chi connectivity index (χ2n) is 9.44. The van der Waals surface area contributed by atoms with Gasteiger partial charge in [-0.3, -0.25) is 4.79 Å². The highest BCUT2D eigenvalue weighted by molar-refractivity contribution is 7.99. The summed E-state index contributed by atoms with van der Waals surface area (Å²) in [6.07, 6.45) is -0.438. The van der Waals surface area contributed by atoms with Crippen LogP contribution in [0.15, 0.2) is 108 Å². The van der Waals surface area contributed by atoms with Crippen molar-refractivity contribution in [3.8, 4) is 0 Å². The first-order chi connectivity index (χ1) is 19.5. The van der Waals surface area contributed by atoms with Gasteiger partial charge >= 0.3 is 5.97 Å². The summed E-state index contributed by atoms with van der Waals surface area (Å²) >= 11 is 1.59. The van der Waals surface area contributed by atoms with Crippen LogP contribution in [0, 0.1) is 0 Å². The van der Waals surface area contributed by atoms with Gasteiger partial charge in [0, 0.05) is 33.9 Å². The second kappa shape index (κ2) is 12.9. The minimum absolute atomic E-state index is 0.0288. The number of aromatic carboxylic acids is 1. The first-order valence-electron chi connectivity index (χ1n) is 12.9. The predicted octanol–water partition coefficient (Wildman–Crippen LogP) is 6.47. The largest absolute Gasteiger partial charge is 0.478 e. The summed E-state index contributed by atoms with van der Waals surface area (Å²) in [4.78, 5) is 24.8. The number of carboxylic acids is 1. The summed E-state index contributed by atoms with van der Waals surface area (Å²) in [5.74, 6) is -0.514. The fourth-order valence-electron chi connectivity index (χ4n) is 4.46. The minimum Gasteiger partial charge on any atom is -0.478 e. The van der Waals surface area contributed by atoms with E-state index in [1.807, 2.05) is 66.7 Å². The average molecular weight is 556 g/mol. The third-order valence-electron chi connectivity index (χ3n) is 6.60. The lowest BCUT2D eigenvalue weighted by atomic mass is 10.0. The number of amides is 1. The molecule has 4 aromatic rings. The zero-order chi connectivity index (χ0) is 27.9. The van der Waals surface area contributed by atoms with E-state index in [0.717, 1.165) is 21.6 Å². The molecule has 0 aromatic heterocycles. The number of rotatable bonds is 9. The quantitative estimate of drug-likeness (QED) is 0.203. The van der Waals surface area contributed by atoms with E-state index in [-0.39, 0.29) is 30.3 Å². The number of benzene rings is 4. The van der Waals surface area contributed by atoms with Gasteiger partial charge in [0.05, 0.1) is 24.4 Å². The molecule has 1 aliphatic heterocycles. The number of anilines is 1. The van der Waals surface area contributed by atoms with Crippen molar-refractivity contribution in [3.05, 3.63) is 131 Å². The van der Waals surface area contributed by atoms with Crippen LogP contribution in [-0.2, 0) is 16.1 Å². The van der Waals surface area contributed by atoms with Crippen molar-refractivity contribution in [1.29, 1.82) is 0 Å². The van der Waals surface area contributed by atoms with Crippen LogP contribution < -0.4 is 5.32 Å². The predicted molar refractivity (Wildman–Crippen MR) is 153 cm³/mol.